The molecule has 3 aromatic rings. The Morgan fingerprint density at radius 1 is 1.12 bits per heavy atom. The summed E-state index contributed by atoms with van der Waals surface area (Å²) in [5.74, 6) is 0.225. The molecular weight excluding hydrogens is 320 g/mol. The van der Waals surface area contributed by atoms with Crippen molar-refractivity contribution in [2.45, 2.75) is 6.54 Å². The molecule has 2 heterocycles. The maximum absolute atomic E-state index is 11.9. The number of nitrogens with two attached hydrogens (primary N) is 2. The predicted molar refractivity (Wildman–Crippen MR) is 95.7 cm³/mol. The summed E-state index contributed by atoms with van der Waals surface area (Å²) >= 11 is 0. The summed E-state index contributed by atoms with van der Waals surface area (Å²) in [5, 5.41) is 3.22. The van der Waals surface area contributed by atoms with Gasteiger partial charge in [-0.3, -0.25) is 4.79 Å². The quantitative estimate of drug-likeness (QED) is 0.638. The molecule has 0 saturated carbocycles. The van der Waals surface area contributed by atoms with Crippen molar-refractivity contribution in [2.75, 3.05) is 30.9 Å². The van der Waals surface area contributed by atoms with Crippen molar-refractivity contribution in [3.8, 4) is 0 Å². The van der Waals surface area contributed by atoms with Gasteiger partial charge in [-0.1, -0.05) is 0 Å². The molecule has 0 aliphatic rings. The minimum atomic E-state index is -0.0401. The van der Waals surface area contributed by atoms with E-state index in [1.165, 1.54) is 4.90 Å². The van der Waals surface area contributed by atoms with Gasteiger partial charge < -0.3 is 21.7 Å². The van der Waals surface area contributed by atoms with E-state index in [4.69, 9.17) is 11.5 Å². The molecule has 128 valence electrons. The van der Waals surface area contributed by atoms with Crippen LogP contribution < -0.4 is 16.8 Å². The topological polar surface area (TPSA) is 136 Å². The number of carbonyl (C=O) groups excluding carboxylic acids is 1. The van der Waals surface area contributed by atoms with Crippen molar-refractivity contribution in [3.63, 3.8) is 0 Å². The van der Waals surface area contributed by atoms with Gasteiger partial charge >= 0.3 is 0 Å². The van der Waals surface area contributed by atoms with Crippen molar-refractivity contribution in [3.05, 3.63) is 41.7 Å². The van der Waals surface area contributed by atoms with E-state index >= 15 is 0 Å². The summed E-state index contributed by atoms with van der Waals surface area (Å²) in [7, 11) is 3.44. The average Bonchev–Trinajstić information content (AvgIpc) is 2.60. The van der Waals surface area contributed by atoms with Gasteiger partial charge in [-0.25, -0.2) is 9.97 Å². The van der Waals surface area contributed by atoms with Crippen molar-refractivity contribution < 1.29 is 4.79 Å². The minimum absolute atomic E-state index is 0.0401. The highest BCUT2D eigenvalue weighted by molar-refractivity contribution is 5.94. The fraction of sp³-hybridized carbons (Fsp3) is 0.188. The van der Waals surface area contributed by atoms with Gasteiger partial charge in [-0.05, 0) is 24.3 Å². The second-order valence-electron chi connectivity index (χ2n) is 5.63. The lowest BCUT2D eigenvalue weighted by molar-refractivity contribution is 0.0827. The summed E-state index contributed by atoms with van der Waals surface area (Å²) in [5.41, 5.74) is 14.3. The van der Waals surface area contributed by atoms with Gasteiger partial charge in [0.2, 0.25) is 5.95 Å². The number of hydrogen-bond acceptors (Lipinski definition) is 8. The smallest absolute Gasteiger partial charge is 0.253 e. The van der Waals surface area contributed by atoms with Crippen molar-refractivity contribution in [2.24, 2.45) is 0 Å². The van der Waals surface area contributed by atoms with Crippen molar-refractivity contribution in [1.82, 2.24) is 24.8 Å². The predicted octanol–water partition coefficient (Wildman–Crippen LogP) is 0.898. The van der Waals surface area contributed by atoms with Gasteiger partial charge in [0.05, 0.1) is 18.4 Å². The van der Waals surface area contributed by atoms with E-state index in [0.29, 0.717) is 29.0 Å². The summed E-state index contributed by atoms with van der Waals surface area (Å²) in [4.78, 5) is 29.9. The molecule has 9 nitrogen and oxygen atoms in total. The van der Waals surface area contributed by atoms with Crippen LogP contribution in [0.3, 0.4) is 0 Å². The molecule has 1 amide bonds. The van der Waals surface area contributed by atoms with Gasteiger partial charge in [0, 0.05) is 25.3 Å². The monoisotopic (exact) mass is 338 g/mol. The third-order valence-corrected chi connectivity index (χ3v) is 3.51. The highest BCUT2D eigenvalue weighted by Crippen LogP contribution is 2.16. The van der Waals surface area contributed by atoms with Crippen LogP contribution in [0.2, 0.25) is 0 Å². The number of nitrogens with zero attached hydrogens (tertiary/aromatic N) is 5. The average molecular weight is 338 g/mol. The number of aromatic nitrogens is 4. The lowest BCUT2D eigenvalue weighted by atomic mass is 10.2. The second-order valence-corrected chi connectivity index (χ2v) is 5.63. The molecule has 0 unspecified atom stereocenters. The minimum Gasteiger partial charge on any atom is -0.382 e. The van der Waals surface area contributed by atoms with Crippen LogP contribution in [-0.2, 0) is 6.54 Å². The first-order valence-corrected chi connectivity index (χ1v) is 7.54. The van der Waals surface area contributed by atoms with Crippen LogP contribution in [-0.4, -0.2) is 44.8 Å². The lowest BCUT2D eigenvalue weighted by Crippen LogP contribution is -2.21. The number of nitrogens with one attached hydrogen (secondary N) is 1. The van der Waals surface area contributed by atoms with E-state index in [0.717, 1.165) is 5.69 Å². The number of rotatable bonds is 4. The fourth-order valence-electron chi connectivity index (χ4n) is 2.25. The number of hydrogen-bond donors (Lipinski definition) is 3. The molecule has 0 saturated heterocycles. The van der Waals surface area contributed by atoms with Gasteiger partial charge in [0.15, 0.2) is 17.0 Å². The van der Waals surface area contributed by atoms with Gasteiger partial charge in [0.25, 0.3) is 5.91 Å². The Balaban J connectivity index is 1.73. The van der Waals surface area contributed by atoms with Gasteiger partial charge in [-0.2, -0.15) is 9.97 Å². The second kappa shape index (κ2) is 6.56. The number of amides is 1. The van der Waals surface area contributed by atoms with E-state index in [-0.39, 0.29) is 17.7 Å². The molecule has 5 N–H and O–H groups in total. The first kappa shape index (κ1) is 16.4. The lowest BCUT2D eigenvalue weighted by Gasteiger charge is -2.11. The maximum atomic E-state index is 11.9. The molecule has 0 radical (unpaired) electrons. The van der Waals surface area contributed by atoms with Gasteiger partial charge in [0.1, 0.15) is 0 Å². The van der Waals surface area contributed by atoms with Gasteiger partial charge in [-0.15, -0.1) is 0 Å². The first-order valence-electron chi connectivity index (χ1n) is 7.54. The Morgan fingerprint density at radius 2 is 1.84 bits per heavy atom. The fourth-order valence-corrected chi connectivity index (χ4v) is 2.25. The molecule has 0 atom stereocenters. The number of benzene rings is 1. The molecule has 2 aromatic heterocycles. The van der Waals surface area contributed by atoms with Crippen LogP contribution in [0, 0.1) is 0 Å². The van der Waals surface area contributed by atoms with E-state index in [1.807, 2.05) is 12.1 Å². The molecule has 0 spiro atoms. The Bertz CT molecular complexity index is 923. The van der Waals surface area contributed by atoms with Crippen LogP contribution >= 0.6 is 0 Å². The van der Waals surface area contributed by atoms with Crippen LogP contribution in [0.4, 0.5) is 17.5 Å². The Kier molecular flexibility index (Phi) is 4.29. The number of carbonyl (C=O) groups is 1. The summed E-state index contributed by atoms with van der Waals surface area (Å²) in [6.07, 6.45) is 1.60. The summed E-state index contributed by atoms with van der Waals surface area (Å²) in [6, 6.07) is 7.21. The standard InChI is InChI=1S/C16H18N8O/c1-24(2)15(25)9-3-5-10(6-4-9)19-7-11-8-20-14-12(21-11)13(17)22-16(18)23-14/h3-6,8,19H,7H2,1-2H3,(H4,17,18,20,22,23). The molecule has 0 fully saturated rings. The molecule has 1 aromatic carbocycles. The van der Waals surface area contributed by atoms with E-state index in [1.54, 1.807) is 32.4 Å². The van der Waals surface area contributed by atoms with Crippen molar-refractivity contribution >= 4 is 34.5 Å². The molecule has 0 bridgehead atoms. The normalized spacial score (nSPS) is 10.6. The molecule has 3 rings (SSSR count). The van der Waals surface area contributed by atoms with Crippen LogP contribution in [0.25, 0.3) is 11.2 Å². The third-order valence-electron chi connectivity index (χ3n) is 3.51. The Morgan fingerprint density at radius 3 is 2.52 bits per heavy atom. The number of nitrogen functional groups attached to an aromatic ring is 2. The SMILES string of the molecule is CN(C)C(=O)c1ccc(NCc2cnc3nc(N)nc(N)c3n2)cc1. The van der Waals surface area contributed by atoms with Crippen LogP contribution in [0.1, 0.15) is 16.1 Å². The molecule has 0 aliphatic carbocycles. The van der Waals surface area contributed by atoms with E-state index in [9.17, 15) is 4.79 Å². The van der Waals surface area contributed by atoms with E-state index < -0.39 is 0 Å². The molecule has 9 heteroatoms. The Labute approximate surface area is 144 Å². The maximum Gasteiger partial charge on any atom is 0.253 e. The molecule has 0 aliphatic heterocycles. The van der Waals surface area contributed by atoms with Crippen LogP contribution in [0.5, 0.6) is 0 Å². The largest absolute Gasteiger partial charge is 0.382 e. The highest BCUT2D eigenvalue weighted by Gasteiger charge is 2.09. The first-order chi connectivity index (χ1) is 11.9. The highest BCUT2D eigenvalue weighted by atomic mass is 16.2. The summed E-state index contributed by atoms with van der Waals surface area (Å²) in [6.45, 7) is 0.438. The van der Waals surface area contributed by atoms with Crippen molar-refractivity contribution in [1.29, 1.82) is 0 Å². The zero-order valence-electron chi connectivity index (χ0n) is 13.9. The third kappa shape index (κ3) is 3.55. The number of anilines is 3. The van der Waals surface area contributed by atoms with Crippen LogP contribution in [0.15, 0.2) is 30.5 Å². The molecular formula is C16H18N8O. The molecule has 25 heavy (non-hydrogen) atoms. The zero-order valence-corrected chi connectivity index (χ0v) is 13.9. The van der Waals surface area contributed by atoms with E-state index in [2.05, 4.69) is 25.3 Å². The Hall–Kier alpha value is -3.49. The number of fused-ring (bicyclic) bond motifs is 1. The zero-order chi connectivity index (χ0) is 18.0. The summed E-state index contributed by atoms with van der Waals surface area (Å²) < 4.78 is 0.